The van der Waals surface area contributed by atoms with Crippen molar-refractivity contribution >= 4 is 17.8 Å². The lowest BCUT2D eigenvalue weighted by Crippen LogP contribution is -2.49. The molecule has 1 aromatic rings. The van der Waals surface area contributed by atoms with Gasteiger partial charge in [0.25, 0.3) is 5.91 Å². The highest BCUT2D eigenvalue weighted by atomic mass is 16.2. The van der Waals surface area contributed by atoms with Crippen LogP contribution < -0.4 is 10.6 Å². The molecule has 3 aliphatic rings. The molecule has 2 aliphatic carbocycles. The zero-order valence-electron chi connectivity index (χ0n) is 14.9. The number of hydrogen-bond donors (Lipinski definition) is 2. The first-order valence-electron chi connectivity index (χ1n) is 9.51. The Balaban J connectivity index is 1.37. The van der Waals surface area contributed by atoms with E-state index in [0.29, 0.717) is 19.4 Å². The summed E-state index contributed by atoms with van der Waals surface area (Å²) in [6.45, 7) is 0.349. The first kappa shape index (κ1) is 17.1. The Hall–Kier alpha value is -2.37. The molecule has 6 heteroatoms. The van der Waals surface area contributed by atoms with E-state index in [2.05, 4.69) is 22.8 Å². The third-order valence-electron chi connectivity index (χ3n) is 6.33. The maximum atomic E-state index is 12.6. The van der Waals surface area contributed by atoms with Crippen molar-refractivity contribution in [3.05, 3.63) is 35.9 Å². The van der Waals surface area contributed by atoms with E-state index in [1.54, 1.807) is 0 Å². The second-order valence-electron chi connectivity index (χ2n) is 7.89. The summed E-state index contributed by atoms with van der Waals surface area (Å²) in [5, 5.41) is 5.77. The molecule has 4 amide bonds. The van der Waals surface area contributed by atoms with Crippen molar-refractivity contribution in [2.24, 2.45) is 0 Å². The summed E-state index contributed by atoms with van der Waals surface area (Å²) in [7, 11) is 0. The minimum Gasteiger partial charge on any atom is -0.354 e. The number of urea groups is 1. The molecule has 1 aliphatic heterocycles. The molecule has 1 saturated heterocycles. The summed E-state index contributed by atoms with van der Waals surface area (Å²) in [6, 6.07) is 9.80. The number of amides is 4. The standard InChI is InChI=1S/C20H25N3O3/c24-16(13-23-17(25)20(22-18(23)26)11-4-5-12-20)21-14-19(9-6-10-19)15-7-2-1-3-8-15/h1-3,7-8H,4-6,9-14H2,(H,21,24)(H,22,26). The average molecular weight is 355 g/mol. The number of nitrogens with zero attached hydrogens (tertiary/aromatic N) is 1. The number of carbonyl (C=O) groups is 3. The molecular weight excluding hydrogens is 330 g/mol. The van der Waals surface area contributed by atoms with Crippen LogP contribution in [-0.4, -0.2) is 41.4 Å². The van der Waals surface area contributed by atoms with Crippen LogP contribution in [0.15, 0.2) is 30.3 Å². The molecule has 0 aromatic heterocycles. The van der Waals surface area contributed by atoms with E-state index < -0.39 is 11.6 Å². The number of carbonyl (C=O) groups excluding carboxylic acids is 3. The third-order valence-corrected chi connectivity index (χ3v) is 6.33. The van der Waals surface area contributed by atoms with Crippen LogP contribution in [-0.2, 0) is 15.0 Å². The summed E-state index contributed by atoms with van der Waals surface area (Å²) in [5.74, 6) is -0.512. The topological polar surface area (TPSA) is 78.5 Å². The number of nitrogens with one attached hydrogen (secondary N) is 2. The first-order chi connectivity index (χ1) is 12.5. The van der Waals surface area contributed by atoms with Crippen LogP contribution in [0.2, 0.25) is 0 Å². The van der Waals surface area contributed by atoms with E-state index >= 15 is 0 Å². The largest absolute Gasteiger partial charge is 0.354 e. The summed E-state index contributed by atoms with van der Waals surface area (Å²) < 4.78 is 0. The Morgan fingerprint density at radius 3 is 2.35 bits per heavy atom. The molecule has 2 saturated carbocycles. The molecule has 1 spiro atoms. The Morgan fingerprint density at radius 2 is 1.73 bits per heavy atom. The second kappa shape index (κ2) is 6.41. The third kappa shape index (κ3) is 2.77. The van der Waals surface area contributed by atoms with Crippen LogP contribution in [0.25, 0.3) is 0 Å². The van der Waals surface area contributed by atoms with Gasteiger partial charge in [0.1, 0.15) is 12.1 Å². The van der Waals surface area contributed by atoms with Gasteiger partial charge in [0.05, 0.1) is 0 Å². The highest BCUT2D eigenvalue weighted by Gasteiger charge is 2.52. The van der Waals surface area contributed by atoms with Gasteiger partial charge in [-0.15, -0.1) is 0 Å². The van der Waals surface area contributed by atoms with Gasteiger partial charge in [0.2, 0.25) is 5.91 Å². The quantitative estimate of drug-likeness (QED) is 0.794. The van der Waals surface area contributed by atoms with Gasteiger partial charge in [-0.05, 0) is 31.2 Å². The molecule has 0 bridgehead atoms. The van der Waals surface area contributed by atoms with Gasteiger partial charge < -0.3 is 10.6 Å². The molecule has 3 fully saturated rings. The lowest BCUT2D eigenvalue weighted by Gasteiger charge is -2.42. The van der Waals surface area contributed by atoms with Crippen LogP contribution in [0.4, 0.5) is 4.79 Å². The van der Waals surface area contributed by atoms with Crippen LogP contribution in [0.5, 0.6) is 0 Å². The first-order valence-corrected chi connectivity index (χ1v) is 9.51. The van der Waals surface area contributed by atoms with Crippen molar-refractivity contribution in [3.8, 4) is 0 Å². The molecule has 0 unspecified atom stereocenters. The van der Waals surface area contributed by atoms with Crippen molar-refractivity contribution in [2.75, 3.05) is 13.1 Å². The van der Waals surface area contributed by atoms with Crippen LogP contribution in [0.1, 0.15) is 50.5 Å². The maximum Gasteiger partial charge on any atom is 0.325 e. The highest BCUT2D eigenvalue weighted by Crippen LogP contribution is 2.43. The van der Waals surface area contributed by atoms with Crippen LogP contribution >= 0.6 is 0 Å². The van der Waals surface area contributed by atoms with Crippen molar-refractivity contribution in [3.63, 3.8) is 0 Å². The van der Waals surface area contributed by atoms with Gasteiger partial charge in [-0.25, -0.2) is 4.79 Å². The van der Waals surface area contributed by atoms with E-state index in [9.17, 15) is 14.4 Å². The van der Waals surface area contributed by atoms with Gasteiger partial charge in [-0.2, -0.15) is 0 Å². The Labute approximate surface area is 153 Å². The van der Waals surface area contributed by atoms with Crippen LogP contribution in [0.3, 0.4) is 0 Å². The van der Waals surface area contributed by atoms with Gasteiger partial charge in [-0.3, -0.25) is 14.5 Å². The Bertz CT molecular complexity index is 721. The fraction of sp³-hybridized carbons (Fsp3) is 0.550. The molecular formula is C20H25N3O3. The normalized spacial score (nSPS) is 23.0. The Morgan fingerprint density at radius 1 is 1.04 bits per heavy atom. The van der Waals surface area contributed by atoms with Crippen molar-refractivity contribution in [2.45, 2.75) is 55.9 Å². The monoisotopic (exact) mass is 355 g/mol. The average Bonchev–Trinajstić information content (AvgIpc) is 3.16. The molecule has 2 N–H and O–H groups in total. The molecule has 4 rings (SSSR count). The number of hydrogen-bond acceptors (Lipinski definition) is 3. The van der Waals surface area contributed by atoms with Crippen molar-refractivity contribution in [1.82, 2.24) is 15.5 Å². The lowest BCUT2D eigenvalue weighted by molar-refractivity contribution is -0.135. The van der Waals surface area contributed by atoms with E-state index in [-0.39, 0.29) is 23.8 Å². The van der Waals surface area contributed by atoms with Crippen molar-refractivity contribution in [1.29, 1.82) is 0 Å². The number of imide groups is 1. The zero-order chi connectivity index (χ0) is 18.2. The summed E-state index contributed by atoms with van der Waals surface area (Å²) in [4.78, 5) is 38.3. The van der Waals surface area contributed by atoms with E-state index in [1.807, 2.05) is 18.2 Å². The predicted molar refractivity (Wildman–Crippen MR) is 96.4 cm³/mol. The summed E-state index contributed by atoms with van der Waals surface area (Å²) in [5.41, 5.74) is 0.476. The van der Waals surface area contributed by atoms with Gasteiger partial charge in [0, 0.05) is 12.0 Å². The second-order valence-corrected chi connectivity index (χ2v) is 7.89. The lowest BCUT2D eigenvalue weighted by atomic mass is 9.64. The smallest absolute Gasteiger partial charge is 0.325 e. The van der Waals surface area contributed by atoms with E-state index in [1.165, 1.54) is 5.56 Å². The molecule has 1 aromatic carbocycles. The molecule has 6 nitrogen and oxygen atoms in total. The van der Waals surface area contributed by atoms with Gasteiger partial charge in [0.15, 0.2) is 0 Å². The van der Waals surface area contributed by atoms with E-state index in [4.69, 9.17) is 0 Å². The molecule has 138 valence electrons. The fourth-order valence-corrected chi connectivity index (χ4v) is 4.57. The Kier molecular flexibility index (Phi) is 4.21. The van der Waals surface area contributed by atoms with Gasteiger partial charge >= 0.3 is 6.03 Å². The molecule has 1 heterocycles. The molecule has 26 heavy (non-hydrogen) atoms. The summed E-state index contributed by atoms with van der Waals surface area (Å²) >= 11 is 0. The minimum atomic E-state index is -0.753. The minimum absolute atomic E-state index is 0.0130. The number of benzene rings is 1. The molecule has 0 radical (unpaired) electrons. The zero-order valence-corrected chi connectivity index (χ0v) is 14.9. The molecule has 0 atom stereocenters. The maximum absolute atomic E-state index is 12.6. The SMILES string of the molecule is O=C(CN1C(=O)NC2(CCCC2)C1=O)NCC1(c2ccccc2)CCC1. The number of rotatable bonds is 5. The van der Waals surface area contributed by atoms with Crippen LogP contribution in [0, 0.1) is 0 Å². The predicted octanol–water partition coefficient (Wildman–Crippen LogP) is 2.09. The highest BCUT2D eigenvalue weighted by molar-refractivity contribution is 6.09. The van der Waals surface area contributed by atoms with E-state index in [0.717, 1.165) is 37.0 Å². The summed E-state index contributed by atoms with van der Waals surface area (Å²) in [6.07, 6.45) is 6.46. The van der Waals surface area contributed by atoms with Crippen molar-refractivity contribution < 1.29 is 14.4 Å². The fourth-order valence-electron chi connectivity index (χ4n) is 4.57. The van der Waals surface area contributed by atoms with Gasteiger partial charge in [-0.1, -0.05) is 49.6 Å².